The van der Waals surface area contributed by atoms with Crippen molar-refractivity contribution >= 4 is 22.9 Å². The molecule has 3 N–H and O–H groups in total. The van der Waals surface area contributed by atoms with E-state index in [1.165, 1.54) is 18.1 Å². The van der Waals surface area contributed by atoms with E-state index in [0.29, 0.717) is 12.3 Å². The van der Waals surface area contributed by atoms with Crippen molar-refractivity contribution < 1.29 is 14.3 Å². The molecule has 4 rings (SSSR count). The Morgan fingerprint density at radius 2 is 1.73 bits per heavy atom. The van der Waals surface area contributed by atoms with Gasteiger partial charge in [-0.2, -0.15) is 0 Å². The maximum atomic E-state index is 11.0. The van der Waals surface area contributed by atoms with Crippen LogP contribution in [-0.2, 0) is 16.0 Å². The van der Waals surface area contributed by atoms with Crippen LogP contribution in [0.4, 0.5) is 4.79 Å². The summed E-state index contributed by atoms with van der Waals surface area (Å²) in [5.41, 5.74) is 8.89. The highest BCUT2D eigenvalue weighted by Crippen LogP contribution is 2.27. The van der Waals surface area contributed by atoms with Crippen LogP contribution in [0.15, 0.2) is 60.8 Å². The predicted octanol–water partition coefficient (Wildman–Crippen LogP) is 4.22. The van der Waals surface area contributed by atoms with Gasteiger partial charge in [0.05, 0.1) is 7.11 Å². The Morgan fingerprint density at radius 3 is 2.40 bits per heavy atom. The maximum absolute atomic E-state index is 11.0. The second kappa shape index (κ2) is 10.5. The number of nitrogens with one attached hydrogen (secondary N) is 1. The van der Waals surface area contributed by atoms with E-state index in [9.17, 15) is 9.59 Å². The lowest BCUT2D eigenvalue weighted by Crippen LogP contribution is -2.41. The average Bonchev–Trinajstić information content (AvgIpc) is 3.21. The zero-order valence-electron chi connectivity index (χ0n) is 17.3. The Labute approximate surface area is 177 Å². The van der Waals surface area contributed by atoms with Gasteiger partial charge in [0, 0.05) is 36.6 Å². The number of carbonyl (C=O) groups excluding carboxylic acids is 2. The van der Waals surface area contributed by atoms with Crippen molar-refractivity contribution in [2.45, 2.75) is 31.6 Å². The van der Waals surface area contributed by atoms with E-state index >= 15 is 0 Å². The molecule has 2 aromatic carbocycles. The molecule has 1 aromatic heterocycles. The second-order valence-corrected chi connectivity index (χ2v) is 7.45. The number of hydrogen-bond acceptors (Lipinski definition) is 3. The summed E-state index contributed by atoms with van der Waals surface area (Å²) >= 11 is 0. The van der Waals surface area contributed by atoms with Gasteiger partial charge in [-0.05, 0) is 42.4 Å². The number of esters is 1. The largest absolute Gasteiger partial charge is 0.469 e. The molecule has 0 unspecified atom stereocenters. The lowest BCUT2D eigenvalue weighted by Gasteiger charge is -2.30. The highest BCUT2D eigenvalue weighted by atomic mass is 16.5. The van der Waals surface area contributed by atoms with Gasteiger partial charge in [-0.1, -0.05) is 48.5 Å². The van der Waals surface area contributed by atoms with Crippen molar-refractivity contribution in [1.29, 1.82) is 0 Å². The fourth-order valence-electron chi connectivity index (χ4n) is 3.84. The summed E-state index contributed by atoms with van der Waals surface area (Å²) in [5, 5.41) is 1.18. The molecular formula is C24H29N3O3. The van der Waals surface area contributed by atoms with E-state index in [2.05, 4.69) is 40.1 Å². The SMILES string of the molecule is COC(=O)CCc1c[nH]c2ccccc12.NC(=O)N1CCC(c2ccccc2)CC1. The van der Waals surface area contributed by atoms with Crippen LogP contribution in [0.3, 0.4) is 0 Å². The third kappa shape index (κ3) is 5.63. The molecule has 6 heteroatoms. The summed E-state index contributed by atoms with van der Waals surface area (Å²) in [6.45, 7) is 1.57. The number of aromatic amines is 1. The van der Waals surface area contributed by atoms with Crippen LogP contribution in [0.2, 0.25) is 0 Å². The van der Waals surface area contributed by atoms with Gasteiger partial charge in [-0.25, -0.2) is 4.79 Å². The number of aryl methyl sites for hydroxylation is 1. The zero-order valence-corrected chi connectivity index (χ0v) is 17.3. The van der Waals surface area contributed by atoms with Crippen molar-refractivity contribution in [3.8, 4) is 0 Å². The first-order valence-corrected chi connectivity index (χ1v) is 10.3. The molecule has 0 atom stereocenters. The van der Waals surface area contributed by atoms with Crippen LogP contribution in [0.25, 0.3) is 10.9 Å². The number of benzene rings is 2. The molecule has 2 heterocycles. The van der Waals surface area contributed by atoms with E-state index in [4.69, 9.17) is 5.73 Å². The minimum absolute atomic E-state index is 0.166. The fraction of sp³-hybridized carbons (Fsp3) is 0.333. The monoisotopic (exact) mass is 407 g/mol. The first kappa shape index (κ1) is 21.4. The van der Waals surface area contributed by atoms with Gasteiger partial charge in [-0.15, -0.1) is 0 Å². The highest BCUT2D eigenvalue weighted by Gasteiger charge is 2.21. The van der Waals surface area contributed by atoms with Gasteiger partial charge in [0.25, 0.3) is 0 Å². The lowest BCUT2D eigenvalue weighted by atomic mass is 9.90. The molecule has 158 valence electrons. The van der Waals surface area contributed by atoms with E-state index in [-0.39, 0.29) is 12.0 Å². The molecule has 1 saturated heterocycles. The van der Waals surface area contributed by atoms with Crippen molar-refractivity contribution in [3.05, 3.63) is 71.9 Å². The molecular weight excluding hydrogens is 378 g/mol. The molecule has 1 aliphatic rings. The van der Waals surface area contributed by atoms with Gasteiger partial charge >= 0.3 is 12.0 Å². The number of piperidine rings is 1. The number of rotatable bonds is 4. The van der Waals surface area contributed by atoms with Crippen LogP contribution in [0.5, 0.6) is 0 Å². The number of urea groups is 1. The number of ether oxygens (including phenoxy) is 1. The number of methoxy groups -OCH3 is 1. The van der Waals surface area contributed by atoms with Crippen molar-refractivity contribution in [2.75, 3.05) is 20.2 Å². The van der Waals surface area contributed by atoms with Crippen LogP contribution in [0, 0.1) is 0 Å². The van der Waals surface area contributed by atoms with E-state index in [1.54, 1.807) is 4.90 Å². The second-order valence-electron chi connectivity index (χ2n) is 7.45. The number of para-hydroxylation sites is 1. The number of amides is 2. The summed E-state index contributed by atoms with van der Waals surface area (Å²) < 4.78 is 4.61. The van der Waals surface area contributed by atoms with Gasteiger partial charge < -0.3 is 20.4 Å². The zero-order chi connectivity index (χ0) is 21.3. The first-order chi connectivity index (χ1) is 14.6. The molecule has 0 radical (unpaired) electrons. The van der Waals surface area contributed by atoms with Gasteiger partial charge in [0.15, 0.2) is 0 Å². The average molecular weight is 408 g/mol. The van der Waals surface area contributed by atoms with Crippen molar-refractivity contribution in [1.82, 2.24) is 9.88 Å². The molecule has 6 nitrogen and oxygen atoms in total. The molecule has 0 spiro atoms. The minimum atomic E-state index is -0.290. The van der Waals surface area contributed by atoms with Gasteiger partial charge in [0.1, 0.15) is 0 Å². The van der Waals surface area contributed by atoms with Crippen LogP contribution in [0.1, 0.15) is 36.3 Å². The van der Waals surface area contributed by atoms with Crippen molar-refractivity contribution in [3.63, 3.8) is 0 Å². The molecule has 0 aliphatic carbocycles. The number of H-pyrrole nitrogens is 1. The summed E-state index contributed by atoms with van der Waals surface area (Å²) in [7, 11) is 1.41. The summed E-state index contributed by atoms with van der Waals surface area (Å²) in [6, 6.07) is 18.3. The number of likely N-dealkylation sites (tertiary alicyclic amines) is 1. The molecule has 0 saturated carbocycles. The third-order valence-electron chi connectivity index (χ3n) is 5.58. The Kier molecular flexibility index (Phi) is 7.49. The molecule has 1 fully saturated rings. The Bertz CT molecular complexity index is 960. The van der Waals surface area contributed by atoms with Crippen molar-refractivity contribution in [2.24, 2.45) is 5.73 Å². The fourth-order valence-corrected chi connectivity index (χ4v) is 3.84. The smallest absolute Gasteiger partial charge is 0.314 e. The van der Waals surface area contributed by atoms with Crippen LogP contribution >= 0.6 is 0 Å². The van der Waals surface area contributed by atoms with Crippen LogP contribution in [-0.4, -0.2) is 42.1 Å². The minimum Gasteiger partial charge on any atom is -0.469 e. The predicted molar refractivity (Wildman–Crippen MR) is 118 cm³/mol. The first-order valence-electron chi connectivity index (χ1n) is 10.3. The molecule has 2 amide bonds. The summed E-state index contributed by atoms with van der Waals surface area (Å²) in [4.78, 5) is 26.9. The van der Waals surface area contributed by atoms with E-state index in [1.807, 2.05) is 30.5 Å². The number of carbonyl (C=O) groups is 2. The Balaban J connectivity index is 0.000000171. The maximum Gasteiger partial charge on any atom is 0.314 e. The Morgan fingerprint density at radius 1 is 1.07 bits per heavy atom. The van der Waals surface area contributed by atoms with Crippen LogP contribution < -0.4 is 5.73 Å². The number of aromatic nitrogens is 1. The Hall–Kier alpha value is -3.28. The lowest BCUT2D eigenvalue weighted by molar-refractivity contribution is -0.140. The van der Waals surface area contributed by atoms with Gasteiger partial charge in [-0.3, -0.25) is 4.79 Å². The molecule has 3 aromatic rings. The third-order valence-corrected chi connectivity index (χ3v) is 5.58. The molecule has 30 heavy (non-hydrogen) atoms. The summed E-state index contributed by atoms with van der Waals surface area (Å²) in [5.74, 6) is 0.419. The van der Waals surface area contributed by atoms with Gasteiger partial charge in [0.2, 0.25) is 0 Å². The number of nitrogens with zero attached hydrogens (tertiary/aromatic N) is 1. The molecule has 0 bridgehead atoms. The summed E-state index contributed by atoms with van der Waals surface area (Å²) in [6.07, 6.45) is 5.14. The number of primary amides is 1. The molecule has 1 aliphatic heterocycles. The quantitative estimate of drug-likeness (QED) is 0.635. The standard InChI is InChI=1S/C12H16N2O.C12H13NO2/c13-12(15)14-8-6-11(7-9-14)10-4-2-1-3-5-10;1-15-12(14)7-6-9-8-13-11-5-3-2-4-10(9)11/h1-5,11H,6-9H2,(H2,13,15);2-5,8,13H,6-7H2,1H3. The van der Waals surface area contributed by atoms with E-state index < -0.39 is 0 Å². The topological polar surface area (TPSA) is 88.4 Å². The normalized spacial score (nSPS) is 14.1. The number of hydrogen-bond donors (Lipinski definition) is 2. The highest BCUT2D eigenvalue weighted by molar-refractivity contribution is 5.83. The number of fused-ring (bicyclic) bond motifs is 1. The van der Waals surface area contributed by atoms with E-state index in [0.717, 1.165) is 43.4 Å². The number of nitrogens with two attached hydrogens (primary N) is 1.